The van der Waals surface area contributed by atoms with Gasteiger partial charge in [-0.15, -0.1) is 5.10 Å². The fourth-order valence-electron chi connectivity index (χ4n) is 8.93. The molecule has 0 bridgehead atoms. The Balaban J connectivity index is 0.840. The summed E-state index contributed by atoms with van der Waals surface area (Å²) in [7, 11) is 1.98. The Morgan fingerprint density at radius 2 is 1.23 bits per heavy atom. The molecule has 0 atom stereocenters. The van der Waals surface area contributed by atoms with Crippen molar-refractivity contribution in [3.63, 3.8) is 0 Å². The molecule has 0 unspecified atom stereocenters. The zero-order valence-corrected chi connectivity index (χ0v) is 37.4. The molecule has 9 rings (SSSR count). The van der Waals surface area contributed by atoms with Crippen LogP contribution >= 0.6 is 0 Å². The van der Waals surface area contributed by atoms with Crippen LogP contribution in [0.5, 0.6) is 11.5 Å². The van der Waals surface area contributed by atoms with Gasteiger partial charge in [0.05, 0.1) is 12.8 Å². The van der Waals surface area contributed by atoms with Gasteiger partial charge < -0.3 is 35.2 Å². The zero-order chi connectivity index (χ0) is 44.4. The van der Waals surface area contributed by atoms with Gasteiger partial charge in [0.2, 0.25) is 24.8 Å². The Kier molecular flexibility index (Phi) is 14.2. The van der Waals surface area contributed by atoms with E-state index in [1.54, 1.807) is 10.9 Å². The number of hydrogen-bond donors (Lipinski definition) is 5. The topological polar surface area (TPSA) is 198 Å². The number of ether oxygens (including phenoxy) is 2. The van der Waals surface area contributed by atoms with Gasteiger partial charge in [0.15, 0.2) is 0 Å². The number of aromatic amines is 2. The number of nitrogens with zero attached hydrogens (tertiary/aromatic N) is 9. The van der Waals surface area contributed by atoms with Crippen LogP contribution < -0.4 is 51.0 Å². The lowest BCUT2D eigenvalue weighted by Gasteiger charge is -2.22. The standard InChI is InChI=1S/C47H60N14O4/c1-58(27-29-65-37-16-12-34(13-17-37)50-42-40-38(30-49-56-44(40)62)52-46(54-42)59-23-6-2-3-7-24-59)32-61-31-39-41(45(63)57-61)43(55-47(53-39)60-25-8-4-5-9-26-60)51-35-10-14-36(15-11-35)64-28-20-33-18-21-48-22-19-33/h10-17,30-31,33,48H,2-9,18-29,32H2,1H3,(H3-,50,51,52,53,54,55,56,57,62,63)/p+1. The first-order valence-corrected chi connectivity index (χ1v) is 23.4. The minimum atomic E-state index is -0.351. The fourth-order valence-corrected chi connectivity index (χ4v) is 8.93. The predicted octanol–water partition coefficient (Wildman–Crippen LogP) is 5.62. The van der Waals surface area contributed by atoms with E-state index in [-0.39, 0.29) is 11.1 Å². The van der Waals surface area contributed by atoms with Crippen LogP contribution in [-0.2, 0) is 6.67 Å². The fraction of sp³-hybridized carbons (Fsp3) is 0.489. The maximum absolute atomic E-state index is 13.9. The summed E-state index contributed by atoms with van der Waals surface area (Å²) in [6.45, 7) is 7.78. The lowest BCUT2D eigenvalue weighted by atomic mass is 9.95. The molecule has 18 heteroatoms. The summed E-state index contributed by atoms with van der Waals surface area (Å²) in [6, 6.07) is 15.4. The summed E-state index contributed by atoms with van der Waals surface area (Å²) in [6.07, 6.45) is 16.0. The van der Waals surface area contributed by atoms with Gasteiger partial charge in [-0.25, -0.2) is 20.0 Å². The number of hydrogen-bond acceptors (Lipinski definition) is 15. The number of H-pyrrole nitrogens is 2. The van der Waals surface area contributed by atoms with E-state index >= 15 is 0 Å². The number of piperidine rings is 1. The smallest absolute Gasteiger partial charge is 0.311 e. The van der Waals surface area contributed by atoms with Gasteiger partial charge in [-0.3, -0.25) is 9.59 Å². The minimum Gasteiger partial charge on any atom is -0.494 e. The van der Waals surface area contributed by atoms with Crippen molar-refractivity contribution in [2.75, 3.05) is 86.5 Å². The molecule has 65 heavy (non-hydrogen) atoms. The molecule has 0 spiro atoms. The number of rotatable bonds is 16. The molecule has 3 aliphatic heterocycles. The first-order chi connectivity index (χ1) is 31.9. The molecule has 4 aromatic heterocycles. The van der Waals surface area contributed by atoms with Crippen molar-refractivity contribution in [1.82, 2.24) is 45.4 Å². The molecule has 0 amide bonds. The Bertz CT molecular complexity index is 2620. The van der Waals surface area contributed by atoms with Gasteiger partial charge in [-0.1, -0.05) is 30.4 Å². The van der Waals surface area contributed by atoms with Crippen LogP contribution in [0.15, 0.2) is 70.5 Å². The van der Waals surface area contributed by atoms with Gasteiger partial charge in [-0.05, 0) is 120 Å². The van der Waals surface area contributed by atoms with Gasteiger partial charge >= 0.3 is 5.56 Å². The number of benzene rings is 2. The second kappa shape index (κ2) is 21.1. The number of anilines is 6. The first-order valence-electron chi connectivity index (χ1n) is 23.4. The highest BCUT2D eigenvalue weighted by molar-refractivity contribution is 5.91. The quantitative estimate of drug-likeness (QED) is 0.0751. The Morgan fingerprint density at radius 3 is 1.82 bits per heavy atom. The Labute approximate surface area is 378 Å². The number of fused-ring (bicyclic) bond motifs is 2. The molecule has 5 N–H and O–H groups in total. The van der Waals surface area contributed by atoms with Crippen molar-refractivity contribution in [3.05, 3.63) is 81.6 Å². The highest BCUT2D eigenvalue weighted by atomic mass is 16.5. The van der Waals surface area contributed by atoms with Crippen molar-refractivity contribution in [3.8, 4) is 11.5 Å². The SMILES string of the molecule is CN(CCOc1ccc(Nc2nc(N3CCCCCC3)nc3cn[nH]c(=O)c23)cc1)C[n+]1cc2nc(N3CCCCCC3)nc(Nc3ccc(OCCC4CCNCC4)cc3)c2c(=O)[nH]1. The van der Waals surface area contributed by atoms with Crippen molar-refractivity contribution in [2.45, 2.75) is 77.3 Å². The van der Waals surface area contributed by atoms with Gasteiger partial charge in [0.1, 0.15) is 51.5 Å². The second-order valence-corrected chi connectivity index (χ2v) is 17.5. The molecule has 7 heterocycles. The molecular formula is C47H61N14O4+. The molecule has 3 fully saturated rings. The van der Waals surface area contributed by atoms with E-state index in [0.29, 0.717) is 83.4 Å². The molecule has 3 aliphatic rings. The van der Waals surface area contributed by atoms with Crippen LogP contribution in [0.2, 0.25) is 0 Å². The van der Waals surface area contributed by atoms with E-state index in [9.17, 15) is 9.59 Å². The van der Waals surface area contributed by atoms with Gasteiger partial charge in [0, 0.05) is 44.1 Å². The molecule has 0 aliphatic carbocycles. The molecule has 3 saturated heterocycles. The third kappa shape index (κ3) is 11.3. The van der Waals surface area contributed by atoms with E-state index in [1.807, 2.05) is 61.8 Å². The number of likely N-dealkylation sites (N-methyl/N-ethyl adjacent to an activating group) is 1. The van der Waals surface area contributed by atoms with Crippen LogP contribution in [0.3, 0.4) is 0 Å². The van der Waals surface area contributed by atoms with Crippen LogP contribution in [-0.4, -0.2) is 106 Å². The zero-order valence-electron chi connectivity index (χ0n) is 37.4. The molecule has 0 saturated carbocycles. The molecule has 2 aromatic carbocycles. The van der Waals surface area contributed by atoms with Crippen molar-refractivity contribution < 1.29 is 14.2 Å². The largest absolute Gasteiger partial charge is 0.494 e. The summed E-state index contributed by atoms with van der Waals surface area (Å²) in [5, 5.41) is 20.5. The third-order valence-electron chi connectivity index (χ3n) is 12.6. The normalized spacial score (nSPS) is 16.4. The van der Waals surface area contributed by atoms with Crippen LogP contribution in [0.25, 0.3) is 21.8 Å². The molecule has 6 aromatic rings. The summed E-state index contributed by atoms with van der Waals surface area (Å²) >= 11 is 0. The highest BCUT2D eigenvalue weighted by Gasteiger charge is 2.22. The van der Waals surface area contributed by atoms with Crippen molar-refractivity contribution >= 4 is 56.7 Å². The van der Waals surface area contributed by atoms with Crippen LogP contribution in [0.1, 0.15) is 70.6 Å². The second-order valence-electron chi connectivity index (χ2n) is 17.5. The predicted molar refractivity (Wildman–Crippen MR) is 253 cm³/mol. The number of aromatic nitrogens is 8. The summed E-state index contributed by atoms with van der Waals surface area (Å²) in [5.74, 6) is 4.35. The first kappa shape index (κ1) is 43.8. The molecule has 342 valence electrons. The monoisotopic (exact) mass is 885 g/mol. The van der Waals surface area contributed by atoms with E-state index in [2.05, 4.69) is 45.9 Å². The maximum Gasteiger partial charge on any atom is 0.311 e. The van der Waals surface area contributed by atoms with E-state index in [4.69, 9.17) is 29.4 Å². The van der Waals surface area contributed by atoms with Crippen molar-refractivity contribution in [1.29, 1.82) is 0 Å². The Hall–Kier alpha value is -6.40. The number of nitrogens with one attached hydrogen (secondary N) is 5. The molecule has 18 nitrogen and oxygen atoms in total. The van der Waals surface area contributed by atoms with Crippen LogP contribution in [0, 0.1) is 5.92 Å². The van der Waals surface area contributed by atoms with E-state index < -0.39 is 0 Å². The average Bonchev–Trinajstić information content (AvgIpc) is 3.77. The van der Waals surface area contributed by atoms with Crippen molar-refractivity contribution in [2.24, 2.45) is 5.92 Å². The van der Waals surface area contributed by atoms with E-state index in [0.717, 1.165) is 88.5 Å². The molecular weight excluding hydrogens is 825 g/mol. The summed E-state index contributed by atoms with van der Waals surface area (Å²) in [5.41, 5.74) is 2.00. The van der Waals surface area contributed by atoms with Gasteiger partial charge in [-0.2, -0.15) is 15.1 Å². The maximum atomic E-state index is 13.9. The summed E-state index contributed by atoms with van der Waals surface area (Å²) in [4.78, 5) is 52.7. The lowest BCUT2D eigenvalue weighted by molar-refractivity contribution is -0.769. The van der Waals surface area contributed by atoms with Gasteiger partial charge in [0.25, 0.3) is 5.56 Å². The minimum absolute atomic E-state index is 0.280. The third-order valence-corrected chi connectivity index (χ3v) is 12.6. The average molecular weight is 886 g/mol. The van der Waals surface area contributed by atoms with Crippen LogP contribution in [0.4, 0.5) is 34.9 Å². The summed E-state index contributed by atoms with van der Waals surface area (Å²) < 4.78 is 14.0. The lowest BCUT2D eigenvalue weighted by Crippen LogP contribution is -2.49. The van der Waals surface area contributed by atoms with E-state index in [1.165, 1.54) is 38.5 Å². The highest BCUT2D eigenvalue weighted by Crippen LogP contribution is 2.28. The Morgan fingerprint density at radius 1 is 0.692 bits per heavy atom. The molecule has 0 radical (unpaired) electrons.